The number of rotatable bonds is 6. The summed E-state index contributed by atoms with van der Waals surface area (Å²) in [5, 5.41) is 11.8. The zero-order valence-corrected chi connectivity index (χ0v) is 12.6. The molecule has 120 valence electrons. The van der Waals surface area contributed by atoms with E-state index in [1.165, 1.54) is 6.07 Å². The molecule has 6 heteroatoms. The average Bonchev–Trinajstić information content (AvgIpc) is 2.50. The zero-order valence-electron chi connectivity index (χ0n) is 12.6. The minimum Gasteiger partial charge on any atom is -0.478 e. The number of carboxylic acids is 1. The molecule has 22 heavy (non-hydrogen) atoms. The molecule has 1 aliphatic heterocycles. The third-order valence-electron chi connectivity index (χ3n) is 3.60. The standard InChI is InChI=1S/C16H21NO5/c1-11-2-3-12(10-14(11)16(19)20)17-15(18)6-9-22-13-4-7-21-8-5-13/h2-3,10,13H,4-9H2,1H3,(H,17,18)(H,19,20). The number of amides is 1. The van der Waals surface area contributed by atoms with Gasteiger partial charge in [-0.15, -0.1) is 0 Å². The average molecular weight is 307 g/mol. The van der Waals surface area contributed by atoms with Crippen molar-refractivity contribution in [3.05, 3.63) is 29.3 Å². The first-order chi connectivity index (χ1) is 10.6. The van der Waals surface area contributed by atoms with Crippen LogP contribution in [0, 0.1) is 6.92 Å². The van der Waals surface area contributed by atoms with Crippen LogP contribution in [0.15, 0.2) is 18.2 Å². The molecule has 0 radical (unpaired) electrons. The Morgan fingerprint density at radius 1 is 1.36 bits per heavy atom. The zero-order chi connectivity index (χ0) is 15.9. The van der Waals surface area contributed by atoms with Crippen LogP contribution in [-0.2, 0) is 14.3 Å². The summed E-state index contributed by atoms with van der Waals surface area (Å²) in [6.07, 6.45) is 2.14. The van der Waals surface area contributed by atoms with E-state index in [0.29, 0.717) is 31.1 Å². The van der Waals surface area contributed by atoms with Crippen LogP contribution in [0.5, 0.6) is 0 Å². The van der Waals surface area contributed by atoms with E-state index >= 15 is 0 Å². The lowest BCUT2D eigenvalue weighted by Crippen LogP contribution is -2.25. The maximum absolute atomic E-state index is 11.9. The molecule has 0 unspecified atom stereocenters. The maximum Gasteiger partial charge on any atom is 0.336 e. The van der Waals surface area contributed by atoms with Gasteiger partial charge in [0, 0.05) is 18.9 Å². The molecule has 2 rings (SSSR count). The first-order valence-electron chi connectivity index (χ1n) is 7.39. The first kappa shape index (κ1) is 16.5. The van der Waals surface area contributed by atoms with Crippen molar-refractivity contribution < 1.29 is 24.2 Å². The van der Waals surface area contributed by atoms with Gasteiger partial charge in [-0.1, -0.05) is 6.07 Å². The van der Waals surface area contributed by atoms with Crippen molar-refractivity contribution in [3.8, 4) is 0 Å². The second-order valence-corrected chi connectivity index (χ2v) is 5.32. The molecule has 0 aromatic heterocycles. The van der Waals surface area contributed by atoms with Gasteiger partial charge in [0.15, 0.2) is 0 Å². The molecule has 0 atom stereocenters. The number of hydrogen-bond donors (Lipinski definition) is 2. The van der Waals surface area contributed by atoms with E-state index in [1.54, 1.807) is 19.1 Å². The normalized spacial score (nSPS) is 15.5. The van der Waals surface area contributed by atoms with Crippen LogP contribution in [0.2, 0.25) is 0 Å². The van der Waals surface area contributed by atoms with Crippen molar-refractivity contribution in [3.63, 3.8) is 0 Å². The van der Waals surface area contributed by atoms with Gasteiger partial charge in [0.1, 0.15) is 0 Å². The number of carbonyl (C=O) groups is 2. The van der Waals surface area contributed by atoms with Crippen LogP contribution in [0.1, 0.15) is 35.2 Å². The molecular weight excluding hydrogens is 286 g/mol. The second kappa shape index (κ2) is 7.91. The quantitative estimate of drug-likeness (QED) is 0.841. The molecular formula is C16H21NO5. The summed E-state index contributed by atoms with van der Waals surface area (Å²) in [4.78, 5) is 22.9. The van der Waals surface area contributed by atoms with Gasteiger partial charge in [-0.3, -0.25) is 4.79 Å². The highest BCUT2D eigenvalue weighted by Gasteiger charge is 2.15. The highest BCUT2D eigenvalue weighted by molar-refractivity contribution is 5.94. The fourth-order valence-corrected chi connectivity index (χ4v) is 2.31. The number of anilines is 1. The van der Waals surface area contributed by atoms with Crippen molar-refractivity contribution in [2.75, 3.05) is 25.1 Å². The van der Waals surface area contributed by atoms with E-state index < -0.39 is 5.97 Å². The number of benzene rings is 1. The van der Waals surface area contributed by atoms with Crippen LogP contribution in [-0.4, -0.2) is 42.9 Å². The summed E-state index contributed by atoms with van der Waals surface area (Å²) in [6.45, 7) is 3.49. The van der Waals surface area contributed by atoms with E-state index in [-0.39, 0.29) is 24.0 Å². The molecule has 1 aliphatic rings. The van der Waals surface area contributed by atoms with Gasteiger partial charge < -0.3 is 19.9 Å². The van der Waals surface area contributed by atoms with E-state index in [9.17, 15) is 9.59 Å². The Morgan fingerprint density at radius 3 is 2.77 bits per heavy atom. The van der Waals surface area contributed by atoms with Gasteiger partial charge in [-0.2, -0.15) is 0 Å². The summed E-state index contributed by atoms with van der Waals surface area (Å²) in [5.74, 6) is -1.19. The summed E-state index contributed by atoms with van der Waals surface area (Å²) in [6, 6.07) is 4.84. The lowest BCUT2D eigenvalue weighted by molar-refractivity contribution is -0.118. The Bertz CT molecular complexity index is 537. The Morgan fingerprint density at radius 2 is 2.09 bits per heavy atom. The van der Waals surface area contributed by atoms with Gasteiger partial charge in [0.2, 0.25) is 5.91 Å². The molecule has 0 aliphatic carbocycles. The number of carboxylic acid groups (broad SMARTS) is 1. The number of aryl methyl sites for hydroxylation is 1. The van der Waals surface area contributed by atoms with E-state index in [1.807, 2.05) is 0 Å². The molecule has 0 saturated carbocycles. The van der Waals surface area contributed by atoms with Crippen LogP contribution in [0.4, 0.5) is 5.69 Å². The molecule has 1 aromatic rings. The minimum absolute atomic E-state index is 0.166. The summed E-state index contributed by atoms with van der Waals surface area (Å²) < 4.78 is 10.9. The predicted octanol–water partition coefficient (Wildman–Crippen LogP) is 2.22. The lowest BCUT2D eigenvalue weighted by atomic mass is 10.1. The van der Waals surface area contributed by atoms with Gasteiger partial charge in [-0.25, -0.2) is 4.79 Å². The summed E-state index contributed by atoms with van der Waals surface area (Å²) in [7, 11) is 0. The molecule has 1 fully saturated rings. The Kier molecular flexibility index (Phi) is 5.91. The maximum atomic E-state index is 11.9. The smallest absolute Gasteiger partial charge is 0.336 e. The molecule has 0 spiro atoms. The number of nitrogens with one attached hydrogen (secondary N) is 1. The SMILES string of the molecule is Cc1ccc(NC(=O)CCOC2CCOCC2)cc1C(=O)O. The largest absolute Gasteiger partial charge is 0.478 e. The minimum atomic E-state index is -1.00. The highest BCUT2D eigenvalue weighted by Crippen LogP contribution is 2.16. The van der Waals surface area contributed by atoms with Crippen molar-refractivity contribution in [1.29, 1.82) is 0 Å². The lowest BCUT2D eigenvalue weighted by Gasteiger charge is -2.22. The van der Waals surface area contributed by atoms with Crippen LogP contribution in [0.25, 0.3) is 0 Å². The molecule has 1 heterocycles. The number of carbonyl (C=O) groups excluding carboxylic acids is 1. The predicted molar refractivity (Wildman–Crippen MR) is 81.2 cm³/mol. The van der Waals surface area contributed by atoms with Crippen LogP contribution >= 0.6 is 0 Å². The molecule has 1 amide bonds. The van der Waals surface area contributed by atoms with Crippen molar-refractivity contribution in [2.24, 2.45) is 0 Å². The Hall–Kier alpha value is -1.92. The van der Waals surface area contributed by atoms with Gasteiger partial charge in [0.05, 0.1) is 24.7 Å². The summed E-state index contributed by atoms with van der Waals surface area (Å²) in [5.41, 5.74) is 1.34. The van der Waals surface area contributed by atoms with Gasteiger partial charge >= 0.3 is 5.97 Å². The highest BCUT2D eigenvalue weighted by atomic mass is 16.5. The fraction of sp³-hybridized carbons (Fsp3) is 0.500. The number of aromatic carboxylic acids is 1. The van der Waals surface area contributed by atoms with E-state index in [0.717, 1.165) is 12.8 Å². The van der Waals surface area contributed by atoms with Crippen LogP contribution < -0.4 is 5.32 Å². The van der Waals surface area contributed by atoms with E-state index in [4.69, 9.17) is 14.6 Å². The van der Waals surface area contributed by atoms with Crippen molar-refractivity contribution >= 4 is 17.6 Å². The number of ether oxygens (including phenoxy) is 2. The van der Waals surface area contributed by atoms with Crippen molar-refractivity contribution in [2.45, 2.75) is 32.3 Å². The fourth-order valence-electron chi connectivity index (χ4n) is 2.31. The molecule has 6 nitrogen and oxygen atoms in total. The second-order valence-electron chi connectivity index (χ2n) is 5.32. The third-order valence-corrected chi connectivity index (χ3v) is 3.60. The topological polar surface area (TPSA) is 84.9 Å². The van der Waals surface area contributed by atoms with Crippen LogP contribution in [0.3, 0.4) is 0 Å². The summed E-state index contributed by atoms with van der Waals surface area (Å²) >= 11 is 0. The Balaban J connectivity index is 1.79. The van der Waals surface area contributed by atoms with Crippen molar-refractivity contribution in [1.82, 2.24) is 0 Å². The number of hydrogen-bond acceptors (Lipinski definition) is 4. The third kappa shape index (κ3) is 4.82. The first-order valence-corrected chi connectivity index (χ1v) is 7.39. The van der Waals surface area contributed by atoms with Gasteiger partial charge in [0.25, 0.3) is 0 Å². The molecule has 0 bridgehead atoms. The monoisotopic (exact) mass is 307 g/mol. The van der Waals surface area contributed by atoms with Gasteiger partial charge in [-0.05, 0) is 37.5 Å². The van der Waals surface area contributed by atoms with E-state index in [2.05, 4.69) is 5.32 Å². The molecule has 1 aromatic carbocycles. The molecule has 1 saturated heterocycles. The molecule has 2 N–H and O–H groups in total. The Labute approximate surface area is 129 Å².